The Balaban J connectivity index is 0.00000264. The molecule has 0 aliphatic carbocycles. The molecule has 23 heavy (non-hydrogen) atoms. The Morgan fingerprint density at radius 1 is 1.48 bits per heavy atom. The number of nitrogens with two attached hydrogens (primary N) is 1. The van der Waals surface area contributed by atoms with Crippen LogP contribution in [-0.2, 0) is 11.3 Å². The lowest BCUT2D eigenvalue weighted by molar-refractivity contribution is -0.123. The number of nitrogens with one attached hydrogen (secondary N) is 2. The minimum atomic E-state index is -0.607. The zero-order chi connectivity index (χ0) is 16.2. The molecule has 2 aromatic heterocycles. The minimum Gasteiger partial charge on any atom is -0.347 e. The van der Waals surface area contributed by atoms with E-state index in [2.05, 4.69) is 30.5 Å². The maximum absolute atomic E-state index is 12.1. The van der Waals surface area contributed by atoms with Crippen molar-refractivity contribution in [1.29, 1.82) is 0 Å². The quantitative estimate of drug-likeness (QED) is 0.697. The molecule has 0 aliphatic rings. The number of hydrogen-bond donors (Lipinski definition) is 3. The van der Waals surface area contributed by atoms with Gasteiger partial charge in [-0.05, 0) is 20.1 Å². The van der Waals surface area contributed by atoms with Crippen molar-refractivity contribution in [2.75, 3.05) is 6.26 Å². The Bertz CT molecular complexity index is 634. The van der Waals surface area contributed by atoms with E-state index in [1.807, 2.05) is 20.1 Å². The predicted octanol–water partition coefficient (Wildman–Crippen LogP) is 0.769. The van der Waals surface area contributed by atoms with Crippen LogP contribution < -0.4 is 11.1 Å². The van der Waals surface area contributed by atoms with Crippen LogP contribution in [-0.4, -0.2) is 48.1 Å². The normalized spacial score (nSPS) is 12.3. The first-order valence-corrected chi connectivity index (χ1v) is 7.92. The number of nitrogens with zero attached hydrogens (tertiary/aromatic N) is 4. The highest BCUT2D eigenvalue weighted by Gasteiger charge is 2.31. The number of aromatic nitrogens is 5. The number of thioether (sulfide) groups is 1. The average molecular weight is 358 g/mol. The zero-order valence-electron chi connectivity index (χ0n) is 13.1. The molecule has 0 bridgehead atoms. The fourth-order valence-electron chi connectivity index (χ4n) is 1.63. The lowest BCUT2D eigenvalue weighted by Crippen LogP contribution is -2.51. The van der Waals surface area contributed by atoms with Gasteiger partial charge in [-0.25, -0.2) is 9.97 Å². The summed E-state index contributed by atoms with van der Waals surface area (Å²) < 4.78 is -0.337. The molecule has 0 fully saturated rings. The molecule has 4 N–H and O–H groups in total. The number of rotatable bonds is 6. The van der Waals surface area contributed by atoms with Crippen LogP contribution in [0.5, 0.6) is 0 Å². The van der Waals surface area contributed by atoms with Gasteiger partial charge in [-0.2, -0.15) is 16.9 Å². The molecule has 2 aromatic rings. The van der Waals surface area contributed by atoms with Gasteiger partial charge in [0.2, 0.25) is 11.7 Å². The summed E-state index contributed by atoms with van der Waals surface area (Å²) >= 11 is 1.55. The summed E-state index contributed by atoms with van der Waals surface area (Å²) in [7, 11) is 0. The van der Waals surface area contributed by atoms with Gasteiger partial charge in [0.1, 0.15) is 11.5 Å². The Labute approximate surface area is 144 Å². The van der Waals surface area contributed by atoms with E-state index in [4.69, 9.17) is 5.73 Å². The summed E-state index contributed by atoms with van der Waals surface area (Å²) in [5.74, 6) is 0.742. The van der Waals surface area contributed by atoms with E-state index in [-0.39, 0.29) is 29.6 Å². The van der Waals surface area contributed by atoms with Crippen molar-refractivity contribution in [3.8, 4) is 11.5 Å². The van der Waals surface area contributed by atoms with Gasteiger partial charge in [-0.1, -0.05) is 0 Å². The number of aromatic amines is 1. The first-order chi connectivity index (χ1) is 10.4. The Morgan fingerprint density at radius 2 is 2.22 bits per heavy atom. The molecular weight excluding hydrogens is 338 g/mol. The molecule has 1 amide bonds. The molecule has 10 heteroatoms. The van der Waals surface area contributed by atoms with E-state index in [9.17, 15) is 4.79 Å². The van der Waals surface area contributed by atoms with E-state index < -0.39 is 6.04 Å². The molecule has 0 saturated heterocycles. The molecule has 0 radical (unpaired) electrons. The zero-order valence-corrected chi connectivity index (χ0v) is 14.7. The van der Waals surface area contributed by atoms with E-state index in [0.717, 1.165) is 0 Å². The van der Waals surface area contributed by atoms with Crippen molar-refractivity contribution in [3.63, 3.8) is 0 Å². The molecule has 2 rings (SSSR count). The van der Waals surface area contributed by atoms with Crippen molar-refractivity contribution in [1.82, 2.24) is 30.5 Å². The van der Waals surface area contributed by atoms with Crippen LogP contribution in [0.4, 0.5) is 0 Å². The van der Waals surface area contributed by atoms with E-state index in [1.54, 1.807) is 30.4 Å². The maximum Gasteiger partial charge on any atom is 0.238 e. The highest BCUT2D eigenvalue weighted by Crippen LogP contribution is 2.24. The van der Waals surface area contributed by atoms with Crippen molar-refractivity contribution >= 4 is 30.1 Å². The highest BCUT2D eigenvalue weighted by molar-refractivity contribution is 8.00. The molecule has 1 atom stereocenters. The number of halogens is 1. The van der Waals surface area contributed by atoms with Crippen molar-refractivity contribution in [2.45, 2.75) is 31.2 Å². The Kier molecular flexibility index (Phi) is 6.92. The van der Waals surface area contributed by atoms with Crippen LogP contribution in [0.3, 0.4) is 0 Å². The number of hydrogen-bond acceptors (Lipinski definition) is 7. The van der Waals surface area contributed by atoms with Crippen molar-refractivity contribution in [2.24, 2.45) is 5.73 Å². The molecule has 2 heterocycles. The van der Waals surface area contributed by atoms with Gasteiger partial charge in [0, 0.05) is 17.1 Å². The second-order valence-corrected chi connectivity index (χ2v) is 6.66. The van der Waals surface area contributed by atoms with Crippen LogP contribution in [0, 0.1) is 0 Å². The molecule has 0 aromatic carbocycles. The number of H-pyrrole nitrogens is 1. The van der Waals surface area contributed by atoms with Gasteiger partial charge in [-0.15, -0.1) is 12.4 Å². The molecule has 0 saturated carbocycles. The van der Waals surface area contributed by atoms with Gasteiger partial charge in [0.05, 0.1) is 18.8 Å². The molecular formula is C13H20ClN7OS. The monoisotopic (exact) mass is 357 g/mol. The second-order valence-electron chi connectivity index (χ2n) is 5.20. The summed E-state index contributed by atoms with van der Waals surface area (Å²) in [6.45, 7) is 4.09. The number of carbonyl (C=O) groups excluding carboxylic acids is 1. The van der Waals surface area contributed by atoms with E-state index in [0.29, 0.717) is 17.3 Å². The predicted molar refractivity (Wildman–Crippen MR) is 92.1 cm³/mol. The third-order valence-electron chi connectivity index (χ3n) is 3.31. The van der Waals surface area contributed by atoms with Crippen LogP contribution in [0.25, 0.3) is 11.5 Å². The third kappa shape index (κ3) is 4.88. The fraction of sp³-hybridized carbons (Fsp3) is 0.462. The summed E-state index contributed by atoms with van der Waals surface area (Å²) in [4.78, 5) is 24.4. The molecule has 0 spiro atoms. The van der Waals surface area contributed by atoms with Gasteiger partial charge >= 0.3 is 0 Å². The van der Waals surface area contributed by atoms with Crippen LogP contribution in [0.1, 0.15) is 19.7 Å². The number of carbonyl (C=O) groups is 1. The Hall–Kier alpha value is -1.71. The van der Waals surface area contributed by atoms with Gasteiger partial charge in [0.15, 0.2) is 0 Å². The van der Waals surface area contributed by atoms with Crippen molar-refractivity contribution in [3.05, 3.63) is 24.4 Å². The summed E-state index contributed by atoms with van der Waals surface area (Å²) in [6, 6.07) is -0.607. The maximum atomic E-state index is 12.1. The SMILES string of the molecule is CSC(C)(C)[C@H](N)C(=O)NCc1nc(-c2cnccn2)n[nH]1.Cl. The van der Waals surface area contributed by atoms with E-state index >= 15 is 0 Å². The number of amides is 1. The van der Waals surface area contributed by atoms with Crippen LogP contribution >= 0.6 is 24.2 Å². The first-order valence-electron chi connectivity index (χ1n) is 6.70. The largest absolute Gasteiger partial charge is 0.347 e. The minimum absolute atomic E-state index is 0. The molecule has 126 valence electrons. The van der Waals surface area contributed by atoms with E-state index in [1.165, 1.54) is 0 Å². The fourth-order valence-corrected chi connectivity index (χ4v) is 1.99. The topological polar surface area (TPSA) is 122 Å². The standard InChI is InChI=1S/C13H19N7OS.ClH/c1-13(2,22-3)10(14)12(21)17-7-9-18-11(20-19-9)8-6-15-4-5-16-8;/h4-6,10H,7,14H2,1-3H3,(H,17,21)(H,18,19,20);1H/t10-;/m1./s1. The summed E-state index contributed by atoms with van der Waals surface area (Å²) in [5.41, 5.74) is 6.53. The third-order valence-corrected chi connectivity index (χ3v) is 4.62. The first kappa shape index (κ1) is 19.3. The van der Waals surface area contributed by atoms with Gasteiger partial charge in [-0.3, -0.25) is 14.9 Å². The molecule has 0 aliphatic heterocycles. The molecule has 8 nitrogen and oxygen atoms in total. The molecule has 0 unspecified atom stereocenters. The van der Waals surface area contributed by atoms with Crippen LogP contribution in [0.2, 0.25) is 0 Å². The lowest BCUT2D eigenvalue weighted by Gasteiger charge is -2.28. The van der Waals surface area contributed by atoms with Crippen molar-refractivity contribution < 1.29 is 4.79 Å². The van der Waals surface area contributed by atoms with Gasteiger partial charge < -0.3 is 11.1 Å². The smallest absolute Gasteiger partial charge is 0.238 e. The average Bonchev–Trinajstić information content (AvgIpc) is 3.01. The summed E-state index contributed by atoms with van der Waals surface area (Å²) in [5, 5.41) is 9.57. The second kappa shape index (κ2) is 8.23. The van der Waals surface area contributed by atoms with Crippen LogP contribution in [0.15, 0.2) is 18.6 Å². The Morgan fingerprint density at radius 3 is 2.83 bits per heavy atom. The summed E-state index contributed by atoms with van der Waals surface area (Å²) in [6.07, 6.45) is 6.64. The van der Waals surface area contributed by atoms with Gasteiger partial charge in [0.25, 0.3) is 0 Å². The highest BCUT2D eigenvalue weighted by atomic mass is 35.5. The lowest BCUT2D eigenvalue weighted by atomic mass is 10.0.